The molecule has 0 radical (unpaired) electrons. The van der Waals surface area contributed by atoms with Crippen molar-refractivity contribution in [3.8, 4) is 11.5 Å². The number of aromatic nitrogens is 2. The minimum absolute atomic E-state index is 0.0777. The molecule has 0 unspecified atom stereocenters. The fourth-order valence-corrected chi connectivity index (χ4v) is 3.48. The molecule has 0 spiro atoms. The summed E-state index contributed by atoms with van der Waals surface area (Å²) in [5, 5.41) is 13.0. The summed E-state index contributed by atoms with van der Waals surface area (Å²) in [4.78, 5) is 30.4. The Morgan fingerprint density at radius 1 is 1.29 bits per heavy atom. The second-order valence-electron chi connectivity index (χ2n) is 8.41. The smallest absolute Gasteiger partial charge is 0.303 e. The fraction of sp³-hybridized carbons (Fsp3) is 0.524. The second kappa shape index (κ2) is 8.12. The molecule has 28 heavy (non-hydrogen) atoms. The molecule has 3 rings (SSSR count). The zero-order chi connectivity index (χ0) is 20.3. The molecule has 0 aliphatic carbocycles. The Kier molecular flexibility index (Phi) is 5.82. The molecule has 150 valence electrons. The number of hydrogen-bond acceptors (Lipinski definition) is 5. The van der Waals surface area contributed by atoms with Crippen molar-refractivity contribution in [3.63, 3.8) is 0 Å². The number of aliphatic carboxylic acids is 1. The van der Waals surface area contributed by atoms with Gasteiger partial charge in [0.25, 0.3) is 11.8 Å². The molecule has 1 saturated heterocycles. The van der Waals surface area contributed by atoms with E-state index in [2.05, 4.69) is 10.1 Å². The molecule has 1 amide bonds. The van der Waals surface area contributed by atoms with Crippen LogP contribution in [0.4, 0.5) is 0 Å². The number of likely N-dealkylation sites (tertiary alicyclic amines) is 1. The van der Waals surface area contributed by atoms with Gasteiger partial charge >= 0.3 is 5.97 Å². The van der Waals surface area contributed by atoms with Crippen molar-refractivity contribution in [2.75, 3.05) is 13.1 Å². The highest BCUT2D eigenvalue weighted by Gasteiger charge is 2.28. The monoisotopic (exact) mass is 385 g/mol. The van der Waals surface area contributed by atoms with Crippen LogP contribution >= 0.6 is 0 Å². The Hall–Kier alpha value is -2.70. The van der Waals surface area contributed by atoms with E-state index in [4.69, 9.17) is 9.63 Å². The topological polar surface area (TPSA) is 96.5 Å². The highest BCUT2D eigenvalue weighted by Crippen LogP contribution is 2.28. The number of rotatable bonds is 5. The zero-order valence-corrected chi connectivity index (χ0v) is 16.6. The van der Waals surface area contributed by atoms with E-state index < -0.39 is 5.97 Å². The Balaban J connectivity index is 1.81. The van der Waals surface area contributed by atoms with Crippen LogP contribution in [0, 0.1) is 5.92 Å². The molecule has 7 heteroatoms. The fourth-order valence-electron chi connectivity index (χ4n) is 3.48. The third-order valence-electron chi connectivity index (χ3n) is 5.06. The Labute approximate surface area is 164 Å². The molecule has 1 atom stereocenters. The van der Waals surface area contributed by atoms with Crippen LogP contribution in [0.2, 0.25) is 0 Å². The summed E-state index contributed by atoms with van der Waals surface area (Å²) in [6, 6.07) is 7.26. The summed E-state index contributed by atoms with van der Waals surface area (Å²) in [5.74, 6) is 0.285. The van der Waals surface area contributed by atoms with Crippen LogP contribution in [-0.2, 0) is 10.2 Å². The van der Waals surface area contributed by atoms with Crippen LogP contribution in [0.3, 0.4) is 0 Å². The maximum atomic E-state index is 13.2. The van der Waals surface area contributed by atoms with E-state index in [0.717, 1.165) is 12.8 Å². The first kappa shape index (κ1) is 20.0. The lowest BCUT2D eigenvalue weighted by molar-refractivity contribution is -0.137. The number of hydrogen-bond donors (Lipinski definition) is 1. The van der Waals surface area contributed by atoms with Gasteiger partial charge < -0.3 is 14.5 Å². The maximum absolute atomic E-state index is 13.2. The van der Waals surface area contributed by atoms with Gasteiger partial charge in [-0.05, 0) is 37.3 Å². The molecule has 0 bridgehead atoms. The number of carbonyl (C=O) groups is 2. The number of carbonyl (C=O) groups excluding carboxylic acids is 1. The third kappa shape index (κ3) is 4.58. The van der Waals surface area contributed by atoms with Crippen LogP contribution in [0.1, 0.15) is 62.6 Å². The number of amides is 1. The zero-order valence-electron chi connectivity index (χ0n) is 16.6. The van der Waals surface area contributed by atoms with Crippen molar-refractivity contribution >= 4 is 11.9 Å². The van der Waals surface area contributed by atoms with Crippen LogP contribution in [0.15, 0.2) is 28.8 Å². The van der Waals surface area contributed by atoms with Crippen LogP contribution < -0.4 is 0 Å². The van der Waals surface area contributed by atoms with Crippen LogP contribution in [0.25, 0.3) is 11.5 Å². The average molecular weight is 385 g/mol. The molecule has 2 aromatic rings. The standard InChI is InChI=1S/C21H27N3O4/c1-21(2,3)20-22-18(28-23-20)15-8-4-5-9-16(15)19(27)24-12-6-7-14(13-24)10-11-17(25)26/h4-5,8-9,14H,6-7,10-13H2,1-3H3,(H,25,26)/t14-/m0/s1. The first-order valence-corrected chi connectivity index (χ1v) is 9.70. The van der Waals surface area contributed by atoms with Gasteiger partial charge in [-0.2, -0.15) is 4.98 Å². The van der Waals surface area contributed by atoms with Gasteiger partial charge in [0.05, 0.1) is 11.1 Å². The van der Waals surface area contributed by atoms with Crippen molar-refractivity contribution in [3.05, 3.63) is 35.7 Å². The molecule has 7 nitrogen and oxygen atoms in total. The normalized spacial score (nSPS) is 17.5. The van der Waals surface area contributed by atoms with Crippen molar-refractivity contribution in [1.29, 1.82) is 0 Å². The minimum Gasteiger partial charge on any atom is -0.481 e. The average Bonchev–Trinajstić information content (AvgIpc) is 3.16. The molecule has 1 aromatic heterocycles. The molecule has 1 aliphatic heterocycles. The van der Waals surface area contributed by atoms with Crippen molar-refractivity contribution in [2.24, 2.45) is 5.92 Å². The Morgan fingerprint density at radius 3 is 2.71 bits per heavy atom. The van der Waals surface area contributed by atoms with E-state index in [1.54, 1.807) is 6.07 Å². The van der Waals surface area contributed by atoms with Gasteiger partial charge in [-0.1, -0.05) is 38.1 Å². The molecular formula is C21H27N3O4. The van der Waals surface area contributed by atoms with Gasteiger partial charge in [0.1, 0.15) is 0 Å². The number of carboxylic acids is 1. The molecule has 2 heterocycles. The van der Waals surface area contributed by atoms with Crippen molar-refractivity contribution in [1.82, 2.24) is 15.0 Å². The quantitative estimate of drug-likeness (QED) is 0.842. The molecule has 0 saturated carbocycles. The number of nitrogens with zero attached hydrogens (tertiary/aromatic N) is 3. The first-order valence-electron chi connectivity index (χ1n) is 9.70. The number of carboxylic acid groups (broad SMARTS) is 1. The summed E-state index contributed by atoms with van der Waals surface area (Å²) < 4.78 is 5.44. The Bertz CT molecular complexity index is 853. The highest BCUT2D eigenvalue weighted by molar-refractivity contribution is 6.00. The SMILES string of the molecule is CC(C)(C)c1noc(-c2ccccc2C(=O)N2CCC[C@@H](CCC(=O)O)C2)n1. The summed E-state index contributed by atoms with van der Waals surface area (Å²) in [7, 11) is 0. The van der Waals surface area contributed by atoms with Gasteiger partial charge in [0.2, 0.25) is 0 Å². The number of benzene rings is 1. The largest absolute Gasteiger partial charge is 0.481 e. The van der Waals surface area contributed by atoms with Gasteiger partial charge in [0, 0.05) is 24.9 Å². The minimum atomic E-state index is -0.792. The molecule has 1 aromatic carbocycles. The summed E-state index contributed by atoms with van der Waals surface area (Å²) in [5.41, 5.74) is 0.916. The first-order chi connectivity index (χ1) is 13.3. The summed E-state index contributed by atoms with van der Waals surface area (Å²) in [6.45, 7) is 7.27. The lowest BCUT2D eigenvalue weighted by Crippen LogP contribution is -2.40. The van der Waals surface area contributed by atoms with Crippen molar-refractivity contribution < 1.29 is 19.2 Å². The van der Waals surface area contributed by atoms with Gasteiger partial charge in [-0.3, -0.25) is 9.59 Å². The van der Waals surface area contributed by atoms with Crippen LogP contribution in [-0.4, -0.2) is 45.1 Å². The summed E-state index contributed by atoms with van der Waals surface area (Å²) >= 11 is 0. The van der Waals surface area contributed by atoms with Gasteiger partial charge in [-0.15, -0.1) is 0 Å². The van der Waals surface area contributed by atoms with Gasteiger partial charge in [0.15, 0.2) is 5.82 Å². The molecule has 1 fully saturated rings. The predicted molar refractivity (Wildman–Crippen MR) is 104 cm³/mol. The lowest BCUT2D eigenvalue weighted by atomic mass is 9.92. The van der Waals surface area contributed by atoms with Crippen molar-refractivity contribution in [2.45, 2.75) is 51.9 Å². The molecular weight excluding hydrogens is 358 g/mol. The Morgan fingerprint density at radius 2 is 2.04 bits per heavy atom. The molecule has 1 aliphatic rings. The molecule has 1 N–H and O–H groups in total. The van der Waals surface area contributed by atoms with E-state index in [0.29, 0.717) is 42.4 Å². The van der Waals surface area contributed by atoms with E-state index in [-0.39, 0.29) is 23.7 Å². The van der Waals surface area contributed by atoms with Gasteiger partial charge in [-0.25, -0.2) is 0 Å². The number of piperidine rings is 1. The summed E-state index contributed by atoms with van der Waals surface area (Å²) in [6.07, 6.45) is 2.57. The van der Waals surface area contributed by atoms with E-state index in [9.17, 15) is 9.59 Å². The van der Waals surface area contributed by atoms with E-state index >= 15 is 0 Å². The van der Waals surface area contributed by atoms with Crippen LogP contribution in [0.5, 0.6) is 0 Å². The third-order valence-corrected chi connectivity index (χ3v) is 5.06. The highest BCUT2D eigenvalue weighted by atomic mass is 16.5. The second-order valence-corrected chi connectivity index (χ2v) is 8.41. The lowest BCUT2D eigenvalue weighted by Gasteiger charge is -2.33. The predicted octanol–water partition coefficient (Wildman–Crippen LogP) is 3.75. The maximum Gasteiger partial charge on any atom is 0.303 e. The van der Waals surface area contributed by atoms with E-state index in [1.807, 2.05) is 43.9 Å². The van der Waals surface area contributed by atoms with E-state index in [1.165, 1.54) is 0 Å².